The Hall–Kier alpha value is -0.0800. The third kappa shape index (κ3) is 4.43. The monoisotopic (exact) mass is 198 g/mol. The van der Waals surface area contributed by atoms with Crippen LogP contribution >= 0.6 is 0 Å². The van der Waals surface area contributed by atoms with Gasteiger partial charge in [-0.05, 0) is 38.6 Å². The summed E-state index contributed by atoms with van der Waals surface area (Å²) in [7, 11) is 0. The molecule has 0 amide bonds. The Bertz CT molecular complexity index is 162. The Morgan fingerprint density at radius 1 is 1.36 bits per heavy atom. The van der Waals surface area contributed by atoms with Crippen LogP contribution in [0.5, 0.6) is 0 Å². The lowest BCUT2D eigenvalue weighted by Crippen LogP contribution is -2.48. The van der Waals surface area contributed by atoms with Crippen molar-refractivity contribution in [3.63, 3.8) is 0 Å². The zero-order valence-corrected chi connectivity index (χ0v) is 10.1. The van der Waals surface area contributed by atoms with Crippen molar-refractivity contribution in [3.8, 4) is 0 Å². The first-order chi connectivity index (χ1) is 6.57. The summed E-state index contributed by atoms with van der Waals surface area (Å²) in [5.41, 5.74) is 6.27. The molecule has 0 aromatic rings. The second-order valence-corrected chi connectivity index (χ2v) is 5.18. The van der Waals surface area contributed by atoms with Gasteiger partial charge in [-0.3, -0.25) is 0 Å². The lowest BCUT2D eigenvalue weighted by Gasteiger charge is -2.31. The minimum Gasteiger partial charge on any atom is -0.324 e. The van der Waals surface area contributed by atoms with E-state index in [1.165, 1.54) is 25.8 Å². The molecule has 1 aliphatic rings. The van der Waals surface area contributed by atoms with Gasteiger partial charge in [-0.15, -0.1) is 0 Å². The summed E-state index contributed by atoms with van der Waals surface area (Å²) in [4.78, 5) is 2.52. The molecule has 1 rings (SSSR count). The summed E-state index contributed by atoms with van der Waals surface area (Å²) in [6, 6.07) is 0. The molecule has 0 aromatic carbocycles. The van der Waals surface area contributed by atoms with Crippen LogP contribution in [0.15, 0.2) is 0 Å². The Balaban J connectivity index is 2.29. The molecular formula is C12H26N2. The molecule has 0 bridgehead atoms. The lowest BCUT2D eigenvalue weighted by molar-refractivity contribution is 0.210. The van der Waals surface area contributed by atoms with Crippen LogP contribution in [-0.2, 0) is 0 Å². The van der Waals surface area contributed by atoms with Crippen LogP contribution in [-0.4, -0.2) is 30.1 Å². The first-order valence-corrected chi connectivity index (χ1v) is 6.08. The van der Waals surface area contributed by atoms with Crippen LogP contribution in [0.2, 0.25) is 0 Å². The first kappa shape index (κ1) is 12.0. The predicted octanol–water partition coefficient (Wildman–Crippen LogP) is 2.24. The molecule has 0 aromatic heterocycles. The number of likely N-dealkylation sites (N-methyl/N-ethyl adjacent to an activating group) is 1. The molecule has 84 valence electrons. The van der Waals surface area contributed by atoms with Crippen LogP contribution in [0.25, 0.3) is 0 Å². The van der Waals surface area contributed by atoms with Crippen molar-refractivity contribution in [2.24, 2.45) is 11.7 Å². The largest absolute Gasteiger partial charge is 0.324 e. The average molecular weight is 198 g/mol. The highest BCUT2D eigenvalue weighted by Crippen LogP contribution is 2.30. The molecule has 0 aliphatic heterocycles. The summed E-state index contributed by atoms with van der Waals surface area (Å²) in [6.45, 7) is 10.1. The van der Waals surface area contributed by atoms with E-state index in [0.29, 0.717) is 0 Å². The van der Waals surface area contributed by atoms with Gasteiger partial charge in [-0.2, -0.15) is 0 Å². The standard InChI is InChI=1S/C12H26N2/c1-4-8-12(3,13)10-14(5-2)9-11-6-7-11/h11H,4-10,13H2,1-3H3. The van der Waals surface area contributed by atoms with Gasteiger partial charge in [0.2, 0.25) is 0 Å². The van der Waals surface area contributed by atoms with Crippen molar-refractivity contribution < 1.29 is 0 Å². The van der Waals surface area contributed by atoms with E-state index in [1.807, 2.05) is 0 Å². The van der Waals surface area contributed by atoms with E-state index >= 15 is 0 Å². The molecule has 2 N–H and O–H groups in total. The summed E-state index contributed by atoms with van der Waals surface area (Å²) in [6.07, 6.45) is 5.19. The van der Waals surface area contributed by atoms with E-state index < -0.39 is 0 Å². The van der Waals surface area contributed by atoms with Crippen molar-refractivity contribution >= 4 is 0 Å². The summed E-state index contributed by atoms with van der Waals surface area (Å²) in [5.74, 6) is 0.979. The topological polar surface area (TPSA) is 29.3 Å². The van der Waals surface area contributed by atoms with Gasteiger partial charge in [0.15, 0.2) is 0 Å². The number of hydrogen-bond donors (Lipinski definition) is 1. The van der Waals surface area contributed by atoms with E-state index in [1.54, 1.807) is 0 Å². The van der Waals surface area contributed by atoms with E-state index in [-0.39, 0.29) is 5.54 Å². The Kier molecular flexibility index (Phi) is 4.39. The van der Waals surface area contributed by atoms with E-state index in [4.69, 9.17) is 5.73 Å². The first-order valence-electron chi connectivity index (χ1n) is 6.08. The molecular weight excluding hydrogens is 172 g/mol. The fraction of sp³-hybridized carbons (Fsp3) is 1.00. The van der Waals surface area contributed by atoms with Gasteiger partial charge in [0.05, 0.1) is 0 Å². The zero-order valence-electron chi connectivity index (χ0n) is 10.1. The molecule has 0 spiro atoms. The second kappa shape index (κ2) is 5.13. The van der Waals surface area contributed by atoms with Gasteiger partial charge < -0.3 is 10.6 Å². The highest BCUT2D eigenvalue weighted by Gasteiger charge is 2.27. The van der Waals surface area contributed by atoms with Crippen LogP contribution < -0.4 is 5.73 Å². The molecule has 1 saturated carbocycles. The SMILES string of the molecule is CCCC(C)(N)CN(CC)CC1CC1. The van der Waals surface area contributed by atoms with Crippen molar-refractivity contribution in [2.45, 2.75) is 52.0 Å². The van der Waals surface area contributed by atoms with Crippen molar-refractivity contribution in [1.82, 2.24) is 4.90 Å². The molecule has 2 heteroatoms. The van der Waals surface area contributed by atoms with Crippen molar-refractivity contribution in [1.29, 1.82) is 0 Å². The normalized spacial score (nSPS) is 21.2. The van der Waals surface area contributed by atoms with Crippen LogP contribution in [0, 0.1) is 5.92 Å². The molecule has 1 unspecified atom stereocenters. The number of rotatable bonds is 7. The fourth-order valence-electron chi connectivity index (χ4n) is 2.13. The quantitative estimate of drug-likeness (QED) is 0.680. The van der Waals surface area contributed by atoms with Gasteiger partial charge in [0.1, 0.15) is 0 Å². The molecule has 2 nitrogen and oxygen atoms in total. The van der Waals surface area contributed by atoms with E-state index in [9.17, 15) is 0 Å². The number of nitrogens with zero attached hydrogens (tertiary/aromatic N) is 1. The zero-order chi connectivity index (χ0) is 10.6. The summed E-state index contributed by atoms with van der Waals surface area (Å²) in [5, 5.41) is 0. The molecule has 1 aliphatic carbocycles. The lowest BCUT2D eigenvalue weighted by atomic mass is 9.97. The Morgan fingerprint density at radius 2 is 2.00 bits per heavy atom. The van der Waals surface area contributed by atoms with Gasteiger partial charge in [-0.25, -0.2) is 0 Å². The molecule has 0 radical (unpaired) electrons. The average Bonchev–Trinajstić information content (AvgIpc) is 2.86. The van der Waals surface area contributed by atoms with Gasteiger partial charge in [0, 0.05) is 18.6 Å². The van der Waals surface area contributed by atoms with Crippen molar-refractivity contribution in [3.05, 3.63) is 0 Å². The van der Waals surface area contributed by atoms with Crippen LogP contribution in [0.3, 0.4) is 0 Å². The van der Waals surface area contributed by atoms with Gasteiger partial charge >= 0.3 is 0 Å². The van der Waals surface area contributed by atoms with E-state index in [2.05, 4.69) is 25.7 Å². The second-order valence-electron chi connectivity index (χ2n) is 5.18. The maximum absolute atomic E-state index is 6.26. The van der Waals surface area contributed by atoms with Gasteiger partial charge in [-0.1, -0.05) is 20.3 Å². The Labute approximate surface area is 88.8 Å². The third-order valence-corrected chi connectivity index (χ3v) is 3.07. The molecule has 0 saturated heterocycles. The van der Waals surface area contributed by atoms with Crippen LogP contribution in [0.1, 0.15) is 46.5 Å². The smallest absolute Gasteiger partial charge is 0.0254 e. The number of hydrogen-bond acceptors (Lipinski definition) is 2. The van der Waals surface area contributed by atoms with Crippen LogP contribution in [0.4, 0.5) is 0 Å². The molecule has 1 fully saturated rings. The highest BCUT2D eigenvalue weighted by molar-refractivity contribution is 4.85. The predicted molar refractivity (Wildman–Crippen MR) is 62.3 cm³/mol. The third-order valence-electron chi connectivity index (χ3n) is 3.07. The Morgan fingerprint density at radius 3 is 2.43 bits per heavy atom. The number of nitrogens with two attached hydrogens (primary N) is 1. The molecule has 1 atom stereocenters. The molecule has 14 heavy (non-hydrogen) atoms. The summed E-state index contributed by atoms with van der Waals surface area (Å²) >= 11 is 0. The van der Waals surface area contributed by atoms with Gasteiger partial charge in [0.25, 0.3) is 0 Å². The summed E-state index contributed by atoms with van der Waals surface area (Å²) < 4.78 is 0. The van der Waals surface area contributed by atoms with Crippen molar-refractivity contribution in [2.75, 3.05) is 19.6 Å². The maximum atomic E-state index is 6.26. The fourth-order valence-corrected chi connectivity index (χ4v) is 2.13. The minimum atomic E-state index is 0.0135. The minimum absolute atomic E-state index is 0.0135. The maximum Gasteiger partial charge on any atom is 0.0254 e. The highest BCUT2D eigenvalue weighted by atomic mass is 15.1. The molecule has 0 heterocycles. The van der Waals surface area contributed by atoms with E-state index in [0.717, 1.165) is 25.4 Å².